The van der Waals surface area contributed by atoms with Crippen LogP contribution in [0, 0.1) is 11.6 Å². The number of nitrogens with one attached hydrogen (secondary N) is 1. The molecule has 2 heterocycles. The topological polar surface area (TPSA) is 48.2 Å². The highest BCUT2D eigenvalue weighted by atomic mass is 19.2. The summed E-state index contributed by atoms with van der Waals surface area (Å²) in [6.45, 7) is 4.27. The van der Waals surface area contributed by atoms with Crippen LogP contribution in [0.4, 0.5) is 8.78 Å². The second-order valence-electron chi connectivity index (χ2n) is 7.04. The molecule has 1 aliphatic heterocycles. The summed E-state index contributed by atoms with van der Waals surface area (Å²) in [6.07, 6.45) is -0.537. The van der Waals surface area contributed by atoms with E-state index in [2.05, 4.69) is 5.32 Å². The number of fused-ring (bicyclic) bond motifs is 2. The molecule has 0 aliphatic carbocycles. The molecule has 1 N–H and O–H groups in total. The van der Waals surface area contributed by atoms with Crippen molar-refractivity contribution in [3.8, 4) is 5.75 Å². The highest BCUT2D eigenvalue weighted by Crippen LogP contribution is 2.42. The quantitative estimate of drug-likeness (QED) is 0.764. The van der Waals surface area contributed by atoms with E-state index in [0.29, 0.717) is 12.1 Å². The fourth-order valence-corrected chi connectivity index (χ4v) is 3.94. The molecule has 0 fully saturated rings. The molecular formula is C20H21F2N3O2. The Morgan fingerprint density at radius 2 is 1.85 bits per heavy atom. The largest absolute Gasteiger partial charge is 0.483 e. The van der Waals surface area contributed by atoms with Gasteiger partial charge in [-0.25, -0.2) is 9.18 Å². The Bertz CT molecular complexity index is 1070. The number of rotatable bonds is 4. The first-order valence-corrected chi connectivity index (χ1v) is 8.96. The van der Waals surface area contributed by atoms with Crippen LogP contribution >= 0.6 is 0 Å². The van der Waals surface area contributed by atoms with Crippen LogP contribution in [0.2, 0.25) is 0 Å². The van der Waals surface area contributed by atoms with Gasteiger partial charge in [0.15, 0.2) is 11.6 Å². The number of aromatic nitrogens is 2. The van der Waals surface area contributed by atoms with E-state index in [-0.39, 0.29) is 17.5 Å². The van der Waals surface area contributed by atoms with Crippen molar-refractivity contribution in [2.45, 2.75) is 32.0 Å². The van der Waals surface area contributed by atoms with Crippen molar-refractivity contribution in [2.24, 2.45) is 0 Å². The highest BCUT2D eigenvalue weighted by Gasteiger charge is 2.40. The fourth-order valence-electron chi connectivity index (χ4n) is 3.94. The van der Waals surface area contributed by atoms with Gasteiger partial charge in [0.05, 0.1) is 11.0 Å². The van der Waals surface area contributed by atoms with Crippen molar-refractivity contribution in [1.29, 1.82) is 0 Å². The van der Waals surface area contributed by atoms with Gasteiger partial charge in [-0.15, -0.1) is 0 Å². The van der Waals surface area contributed by atoms with Crippen molar-refractivity contribution >= 4 is 11.0 Å². The Labute approximate surface area is 155 Å². The van der Waals surface area contributed by atoms with E-state index in [1.54, 1.807) is 16.2 Å². The zero-order chi connectivity index (χ0) is 19.3. The van der Waals surface area contributed by atoms with Crippen LogP contribution < -0.4 is 15.7 Å². The van der Waals surface area contributed by atoms with Crippen LogP contribution in [0.1, 0.15) is 31.5 Å². The molecule has 0 spiro atoms. The van der Waals surface area contributed by atoms with E-state index in [4.69, 9.17) is 4.74 Å². The molecule has 0 bridgehead atoms. The van der Waals surface area contributed by atoms with E-state index >= 15 is 0 Å². The number of halogens is 2. The van der Waals surface area contributed by atoms with Crippen molar-refractivity contribution in [3.05, 3.63) is 64.1 Å². The molecule has 0 saturated carbocycles. The van der Waals surface area contributed by atoms with Crippen LogP contribution in [-0.2, 0) is 0 Å². The molecule has 2 atom stereocenters. The second kappa shape index (κ2) is 6.49. The third-order valence-corrected chi connectivity index (χ3v) is 5.03. The predicted octanol–water partition coefficient (Wildman–Crippen LogP) is 3.23. The number of hydrogen-bond acceptors (Lipinski definition) is 3. The first-order valence-electron chi connectivity index (χ1n) is 8.96. The van der Waals surface area contributed by atoms with E-state index in [1.807, 2.05) is 38.1 Å². The summed E-state index contributed by atoms with van der Waals surface area (Å²) in [5.74, 6) is -2.10. The second-order valence-corrected chi connectivity index (χ2v) is 7.04. The van der Waals surface area contributed by atoms with Crippen molar-refractivity contribution in [3.63, 3.8) is 0 Å². The van der Waals surface area contributed by atoms with Gasteiger partial charge < -0.3 is 10.1 Å². The van der Waals surface area contributed by atoms with E-state index in [9.17, 15) is 13.6 Å². The Morgan fingerprint density at radius 1 is 1.15 bits per heavy atom. The molecule has 1 aliphatic rings. The minimum Gasteiger partial charge on any atom is -0.483 e. The van der Waals surface area contributed by atoms with Crippen LogP contribution in [0.3, 0.4) is 0 Å². The van der Waals surface area contributed by atoms with Gasteiger partial charge in [0.1, 0.15) is 12.1 Å². The monoisotopic (exact) mass is 373 g/mol. The minimum atomic E-state index is -1.02. The van der Waals surface area contributed by atoms with Crippen LogP contribution in [0.25, 0.3) is 11.0 Å². The average Bonchev–Trinajstić information content (AvgIpc) is 3.13. The number of imidazole rings is 1. The van der Waals surface area contributed by atoms with E-state index < -0.39 is 23.8 Å². The lowest BCUT2D eigenvalue weighted by molar-refractivity contribution is 0.184. The lowest BCUT2D eigenvalue weighted by atomic mass is 10.0. The number of para-hydroxylation sites is 2. The molecule has 5 nitrogen and oxygen atoms in total. The number of nitrogens with zero attached hydrogens (tertiary/aromatic N) is 2. The van der Waals surface area contributed by atoms with Gasteiger partial charge in [0.25, 0.3) is 0 Å². The maximum absolute atomic E-state index is 14.3. The highest BCUT2D eigenvalue weighted by molar-refractivity contribution is 5.76. The molecule has 3 aromatic rings. The Kier molecular flexibility index (Phi) is 4.26. The van der Waals surface area contributed by atoms with Crippen molar-refractivity contribution in [1.82, 2.24) is 14.5 Å². The van der Waals surface area contributed by atoms with Crippen LogP contribution in [0.5, 0.6) is 5.75 Å². The molecule has 0 saturated heterocycles. The predicted molar refractivity (Wildman–Crippen MR) is 99.4 cm³/mol. The molecule has 0 amide bonds. The Balaban J connectivity index is 2.02. The molecule has 0 radical (unpaired) electrons. The maximum Gasteiger partial charge on any atom is 0.330 e. The molecule has 142 valence electrons. The SMILES string of the molecule is CNC[C@H]1Oc2c(ccc(F)c2F)[C@@H]1n1c(=O)n(C(C)C)c2ccccc21. The summed E-state index contributed by atoms with van der Waals surface area (Å²) in [5, 5.41) is 3.01. The third kappa shape index (κ3) is 2.56. The smallest absolute Gasteiger partial charge is 0.330 e. The summed E-state index contributed by atoms with van der Waals surface area (Å²) >= 11 is 0. The zero-order valence-electron chi connectivity index (χ0n) is 15.4. The molecule has 4 rings (SSSR count). The first-order chi connectivity index (χ1) is 13.0. The number of likely N-dealkylation sites (N-methyl/N-ethyl adjacent to an activating group) is 1. The zero-order valence-corrected chi connectivity index (χ0v) is 15.4. The van der Waals surface area contributed by atoms with Gasteiger partial charge in [0, 0.05) is 18.2 Å². The average molecular weight is 373 g/mol. The molecule has 27 heavy (non-hydrogen) atoms. The van der Waals surface area contributed by atoms with Gasteiger partial charge in [-0.2, -0.15) is 4.39 Å². The van der Waals surface area contributed by atoms with Crippen LogP contribution in [-0.4, -0.2) is 28.8 Å². The summed E-state index contributed by atoms with van der Waals surface area (Å²) < 4.78 is 37.2. The molecule has 7 heteroatoms. The van der Waals surface area contributed by atoms with Gasteiger partial charge in [-0.05, 0) is 45.2 Å². The summed E-state index contributed by atoms with van der Waals surface area (Å²) in [6, 6.07) is 9.48. The lowest BCUT2D eigenvalue weighted by Crippen LogP contribution is -2.38. The third-order valence-electron chi connectivity index (χ3n) is 5.03. The summed E-state index contributed by atoms with van der Waals surface area (Å²) in [7, 11) is 1.75. The fraction of sp³-hybridized carbons (Fsp3) is 0.350. The molecule has 2 aromatic carbocycles. The normalized spacial score (nSPS) is 18.9. The number of benzene rings is 2. The van der Waals surface area contributed by atoms with Gasteiger partial charge >= 0.3 is 5.69 Å². The molecule has 1 aromatic heterocycles. The standard InChI is InChI=1S/C20H21F2N3O2/c1-11(2)24-14-6-4-5-7-15(14)25(20(24)26)18-12-8-9-13(21)17(22)19(12)27-16(18)10-23-3/h4-9,11,16,18,23H,10H2,1-3H3/t16-,18+/m1/s1. The summed E-state index contributed by atoms with van der Waals surface area (Å²) in [5.41, 5.74) is 1.82. The molecule has 0 unspecified atom stereocenters. The van der Waals surface area contributed by atoms with Crippen LogP contribution in [0.15, 0.2) is 41.2 Å². The Morgan fingerprint density at radius 3 is 2.52 bits per heavy atom. The Hall–Kier alpha value is -2.67. The number of ether oxygens (including phenoxy) is 1. The number of hydrogen-bond donors (Lipinski definition) is 1. The molecular weight excluding hydrogens is 352 g/mol. The minimum absolute atomic E-state index is 0.0434. The lowest BCUT2D eigenvalue weighted by Gasteiger charge is -2.20. The van der Waals surface area contributed by atoms with Gasteiger partial charge in [-0.3, -0.25) is 9.13 Å². The summed E-state index contributed by atoms with van der Waals surface area (Å²) in [4.78, 5) is 13.3. The van der Waals surface area contributed by atoms with E-state index in [1.165, 1.54) is 6.07 Å². The van der Waals surface area contributed by atoms with Crippen molar-refractivity contribution in [2.75, 3.05) is 13.6 Å². The van der Waals surface area contributed by atoms with Gasteiger partial charge in [-0.1, -0.05) is 12.1 Å². The van der Waals surface area contributed by atoms with Crippen molar-refractivity contribution < 1.29 is 13.5 Å². The first kappa shape index (κ1) is 17.7. The van der Waals surface area contributed by atoms with Gasteiger partial charge in [0.2, 0.25) is 5.82 Å². The van der Waals surface area contributed by atoms with E-state index in [0.717, 1.165) is 17.1 Å². The maximum atomic E-state index is 14.3.